The van der Waals surface area contributed by atoms with Crippen molar-refractivity contribution in [1.29, 1.82) is 0 Å². The van der Waals surface area contributed by atoms with E-state index in [1.165, 1.54) is 29.5 Å². The van der Waals surface area contributed by atoms with E-state index in [2.05, 4.69) is 27.6 Å². The molecule has 0 unspecified atom stereocenters. The Balaban J connectivity index is 1.62. The van der Waals surface area contributed by atoms with Crippen molar-refractivity contribution >= 4 is 23.4 Å². The van der Waals surface area contributed by atoms with Crippen molar-refractivity contribution in [2.45, 2.75) is 24.5 Å². The van der Waals surface area contributed by atoms with Crippen LogP contribution >= 0.6 is 11.8 Å². The van der Waals surface area contributed by atoms with Crippen LogP contribution in [0.3, 0.4) is 0 Å². The van der Waals surface area contributed by atoms with Gasteiger partial charge in [-0.3, -0.25) is 4.79 Å². The molecule has 0 aliphatic rings. The van der Waals surface area contributed by atoms with E-state index in [1.54, 1.807) is 19.2 Å². The molecule has 0 spiro atoms. The van der Waals surface area contributed by atoms with Crippen molar-refractivity contribution in [1.82, 2.24) is 14.8 Å². The number of amides is 1. The zero-order chi connectivity index (χ0) is 20.5. The highest BCUT2D eigenvalue weighted by Gasteiger charge is 2.15. The molecular weight excluding hydrogens is 391 g/mol. The smallest absolute Gasteiger partial charge is 0.234 e. The topological polar surface area (TPSA) is 69.0 Å². The second-order valence-electron chi connectivity index (χ2n) is 6.35. The zero-order valence-electron chi connectivity index (χ0n) is 16.2. The summed E-state index contributed by atoms with van der Waals surface area (Å²) in [5.74, 6) is 0.199. The minimum atomic E-state index is -0.461. The number of halogens is 1. The quantitative estimate of drug-likeness (QED) is 0.514. The lowest BCUT2D eigenvalue weighted by atomic mass is 10.1. The largest absolute Gasteiger partial charge is 0.383 e. The van der Waals surface area contributed by atoms with Gasteiger partial charge in [0.25, 0.3) is 0 Å². The second kappa shape index (κ2) is 10.7. The van der Waals surface area contributed by atoms with Crippen LogP contribution in [0.1, 0.15) is 11.4 Å². The molecule has 0 aliphatic carbocycles. The predicted octanol–water partition coefficient (Wildman–Crippen LogP) is 3.58. The van der Waals surface area contributed by atoms with E-state index in [4.69, 9.17) is 4.74 Å². The van der Waals surface area contributed by atoms with E-state index < -0.39 is 5.82 Å². The molecule has 152 valence electrons. The Morgan fingerprint density at radius 1 is 1.10 bits per heavy atom. The molecule has 8 heteroatoms. The molecule has 0 atom stereocenters. The summed E-state index contributed by atoms with van der Waals surface area (Å²) < 4.78 is 20.9. The van der Waals surface area contributed by atoms with Crippen LogP contribution in [0.5, 0.6) is 0 Å². The van der Waals surface area contributed by atoms with Crippen molar-refractivity contribution in [3.05, 3.63) is 71.8 Å². The van der Waals surface area contributed by atoms with Gasteiger partial charge in [-0.1, -0.05) is 54.2 Å². The molecule has 1 aromatic heterocycles. The van der Waals surface area contributed by atoms with Crippen LogP contribution in [0.2, 0.25) is 0 Å². The van der Waals surface area contributed by atoms with E-state index in [0.29, 0.717) is 18.3 Å². The Labute approximate surface area is 173 Å². The van der Waals surface area contributed by atoms with Crippen LogP contribution in [0, 0.1) is 5.82 Å². The number of nitrogens with zero attached hydrogens (tertiary/aromatic N) is 3. The Morgan fingerprint density at radius 2 is 1.86 bits per heavy atom. The van der Waals surface area contributed by atoms with Gasteiger partial charge in [0.1, 0.15) is 11.6 Å². The minimum absolute atomic E-state index is 0.109. The molecule has 6 nitrogen and oxygen atoms in total. The lowest BCUT2D eigenvalue weighted by Crippen LogP contribution is -2.16. The molecule has 0 saturated heterocycles. The number of benzene rings is 2. The number of hydrogen-bond donors (Lipinski definition) is 1. The van der Waals surface area contributed by atoms with Crippen LogP contribution in [-0.4, -0.2) is 40.1 Å². The van der Waals surface area contributed by atoms with Gasteiger partial charge in [0, 0.05) is 20.1 Å². The number of anilines is 1. The monoisotopic (exact) mass is 414 g/mol. The van der Waals surface area contributed by atoms with Crippen LogP contribution in [-0.2, 0) is 28.9 Å². The van der Waals surface area contributed by atoms with Crippen LogP contribution in [0.4, 0.5) is 10.1 Å². The maximum Gasteiger partial charge on any atom is 0.234 e. The first-order valence-electron chi connectivity index (χ1n) is 9.29. The summed E-state index contributed by atoms with van der Waals surface area (Å²) in [6.45, 7) is 1.12. The minimum Gasteiger partial charge on any atom is -0.383 e. The molecular formula is C21H23FN4O2S. The molecule has 0 aliphatic heterocycles. The lowest BCUT2D eigenvalue weighted by Gasteiger charge is -2.10. The van der Waals surface area contributed by atoms with Crippen LogP contribution in [0.15, 0.2) is 59.8 Å². The van der Waals surface area contributed by atoms with Gasteiger partial charge in [-0.05, 0) is 24.1 Å². The zero-order valence-corrected chi connectivity index (χ0v) is 17.0. The maximum absolute atomic E-state index is 13.7. The van der Waals surface area contributed by atoms with Crippen molar-refractivity contribution < 1.29 is 13.9 Å². The third kappa shape index (κ3) is 6.13. The number of carbonyl (C=O) groups excluding carboxylic acids is 1. The number of rotatable bonds is 10. The van der Waals surface area contributed by atoms with Crippen molar-refractivity contribution in [3.63, 3.8) is 0 Å². The Hall–Kier alpha value is -2.71. The first-order valence-corrected chi connectivity index (χ1v) is 10.3. The summed E-state index contributed by atoms with van der Waals surface area (Å²) in [7, 11) is 1.64. The molecule has 0 fully saturated rings. The van der Waals surface area contributed by atoms with E-state index >= 15 is 0 Å². The summed E-state index contributed by atoms with van der Waals surface area (Å²) in [5.41, 5.74) is 1.40. The lowest BCUT2D eigenvalue weighted by molar-refractivity contribution is -0.113. The highest BCUT2D eigenvalue weighted by molar-refractivity contribution is 7.99. The molecule has 2 aromatic carbocycles. The van der Waals surface area contributed by atoms with Gasteiger partial charge in [0.2, 0.25) is 5.91 Å². The summed E-state index contributed by atoms with van der Waals surface area (Å²) in [5, 5.41) is 11.8. The first kappa shape index (κ1) is 21.0. The van der Waals surface area contributed by atoms with Crippen molar-refractivity contribution in [2.24, 2.45) is 0 Å². The number of thioether (sulfide) groups is 1. The Bertz CT molecular complexity index is 933. The molecule has 1 amide bonds. The first-order chi connectivity index (χ1) is 14.2. The van der Waals surface area contributed by atoms with E-state index in [-0.39, 0.29) is 17.3 Å². The fourth-order valence-electron chi connectivity index (χ4n) is 2.80. The summed E-state index contributed by atoms with van der Waals surface area (Å²) in [6, 6.07) is 16.3. The Morgan fingerprint density at radius 3 is 2.62 bits per heavy atom. The number of aromatic nitrogens is 3. The number of para-hydroxylation sites is 1. The number of methoxy groups -OCH3 is 1. The standard InChI is InChI=1S/C21H23FN4O2S/c1-28-14-13-26-19(12-11-16-7-3-2-4-8-16)24-25-21(26)29-15-20(27)23-18-10-6-5-9-17(18)22/h2-10H,11-15H2,1H3,(H,23,27). The van der Waals surface area contributed by atoms with Gasteiger partial charge < -0.3 is 14.6 Å². The second-order valence-corrected chi connectivity index (χ2v) is 7.29. The van der Waals surface area contributed by atoms with Gasteiger partial charge in [0.05, 0.1) is 18.0 Å². The number of carbonyl (C=O) groups is 1. The van der Waals surface area contributed by atoms with Gasteiger partial charge >= 0.3 is 0 Å². The van der Waals surface area contributed by atoms with Gasteiger partial charge in [-0.15, -0.1) is 10.2 Å². The van der Waals surface area contributed by atoms with Crippen LogP contribution in [0.25, 0.3) is 0 Å². The number of ether oxygens (including phenoxy) is 1. The highest BCUT2D eigenvalue weighted by Crippen LogP contribution is 2.19. The summed E-state index contributed by atoms with van der Waals surface area (Å²) in [4.78, 5) is 12.2. The number of nitrogens with one attached hydrogen (secondary N) is 1. The number of hydrogen-bond acceptors (Lipinski definition) is 5. The highest BCUT2D eigenvalue weighted by atomic mass is 32.2. The van der Waals surface area contributed by atoms with Crippen molar-refractivity contribution in [2.75, 3.05) is 24.8 Å². The predicted molar refractivity (Wildman–Crippen MR) is 112 cm³/mol. The summed E-state index contributed by atoms with van der Waals surface area (Å²) in [6.07, 6.45) is 1.59. The molecule has 0 radical (unpaired) electrons. The third-order valence-electron chi connectivity index (χ3n) is 4.27. The third-order valence-corrected chi connectivity index (χ3v) is 5.24. The van der Waals surface area contributed by atoms with E-state index in [0.717, 1.165) is 18.7 Å². The SMILES string of the molecule is COCCn1c(CCc2ccccc2)nnc1SCC(=O)Nc1ccccc1F. The van der Waals surface area contributed by atoms with Crippen LogP contribution < -0.4 is 5.32 Å². The van der Waals surface area contributed by atoms with Gasteiger partial charge in [0.15, 0.2) is 5.16 Å². The normalized spacial score (nSPS) is 10.8. The Kier molecular flexibility index (Phi) is 7.77. The average Bonchev–Trinajstić information content (AvgIpc) is 3.13. The number of aryl methyl sites for hydroxylation is 2. The average molecular weight is 415 g/mol. The fourth-order valence-corrected chi connectivity index (χ4v) is 3.58. The fraction of sp³-hybridized carbons (Fsp3) is 0.286. The molecule has 3 aromatic rings. The molecule has 29 heavy (non-hydrogen) atoms. The summed E-state index contributed by atoms with van der Waals surface area (Å²) >= 11 is 1.27. The molecule has 1 heterocycles. The molecule has 3 rings (SSSR count). The van der Waals surface area contributed by atoms with E-state index in [1.807, 2.05) is 22.8 Å². The molecule has 0 saturated carbocycles. The van der Waals surface area contributed by atoms with Gasteiger partial charge in [-0.2, -0.15) is 0 Å². The van der Waals surface area contributed by atoms with Crippen molar-refractivity contribution in [3.8, 4) is 0 Å². The molecule has 1 N–H and O–H groups in total. The maximum atomic E-state index is 13.7. The molecule has 0 bridgehead atoms. The van der Waals surface area contributed by atoms with Gasteiger partial charge in [-0.25, -0.2) is 4.39 Å². The van der Waals surface area contributed by atoms with E-state index in [9.17, 15) is 9.18 Å².